The molecular weight excluding hydrogens is 270 g/mol. The van der Waals surface area contributed by atoms with Gasteiger partial charge in [0.2, 0.25) is 0 Å². The van der Waals surface area contributed by atoms with Gasteiger partial charge in [-0.2, -0.15) is 0 Å². The molecule has 4 rings (SSSR count). The minimum absolute atomic E-state index is 0.513. The third-order valence-corrected chi connectivity index (χ3v) is 5.41. The second-order valence-corrected chi connectivity index (χ2v) is 6.70. The van der Waals surface area contributed by atoms with Crippen LogP contribution in [0.1, 0.15) is 6.92 Å². The average molecular weight is 289 g/mol. The highest BCUT2D eigenvalue weighted by atomic mass is 32.1. The van der Waals surface area contributed by atoms with E-state index in [0.29, 0.717) is 12.1 Å². The highest BCUT2D eigenvalue weighted by molar-refractivity contribution is 7.22. The number of thiazole rings is 1. The predicted molar refractivity (Wildman–Crippen MR) is 82.6 cm³/mol. The third kappa shape index (κ3) is 2.10. The highest BCUT2D eigenvalue weighted by Crippen LogP contribution is 2.30. The van der Waals surface area contributed by atoms with Gasteiger partial charge in [-0.3, -0.25) is 4.90 Å². The van der Waals surface area contributed by atoms with Crippen molar-refractivity contribution < 1.29 is 4.74 Å². The first kappa shape index (κ1) is 12.6. The van der Waals surface area contributed by atoms with Crippen molar-refractivity contribution in [2.24, 2.45) is 0 Å². The van der Waals surface area contributed by atoms with Gasteiger partial charge in [-0.25, -0.2) is 4.98 Å². The lowest BCUT2D eigenvalue weighted by molar-refractivity contribution is -0.0468. The summed E-state index contributed by atoms with van der Waals surface area (Å²) < 4.78 is 6.99. The quantitative estimate of drug-likeness (QED) is 0.805. The van der Waals surface area contributed by atoms with E-state index in [2.05, 4.69) is 41.0 Å². The molecule has 2 aromatic rings. The molecule has 4 nitrogen and oxygen atoms in total. The zero-order valence-electron chi connectivity index (χ0n) is 11.7. The maximum Gasteiger partial charge on any atom is 0.186 e. The number of hydrogen-bond acceptors (Lipinski definition) is 5. The molecule has 2 atom stereocenters. The summed E-state index contributed by atoms with van der Waals surface area (Å²) in [6, 6.07) is 9.45. The molecule has 0 amide bonds. The fourth-order valence-corrected chi connectivity index (χ4v) is 4.24. The summed E-state index contributed by atoms with van der Waals surface area (Å²) in [6.45, 7) is 7.21. The number of hydrogen-bond donors (Lipinski definition) is 0. The number of benzene rings is 1. The zero-order valence-corrected chi connectivity index (χ0v) is 12.5. The van der Waals surface area contributed by atoms with Gasteiger partial charge in [-0.15, -0.1) is 0 Å². The van der Waals surface area contributed by atoms with Crippen molar-refractivity contribution in [2.75, 3.05) is 37.7 Å². The lowest BCUT2D eigenvalue weighted by atomic mass is 10.1. The number of fused-ring (bicyclic) bond motifs is 2. The van der Waals surface area contributed by atoms with Crippen molar-refractivity contribution in [2.45, 2.75) is 19.0 Å². The maximum absolute atomic E-state index is 5.71. The monoisotopic (exact) mass is 289 g/mol. The maximum atomic E-state index is 5.71. The van der Waals surface area contributed by atoms with E-state index >= 15 is 0 Å². The van der Waals surface area contributed by atoms with E-state index in [0.717, 1.165) is 43.5 Å². The van der Waals surface area contributed by atoms with E-state index in [1.54, 1.807) is 11.3 Å². The number of aromatic nitrogens is 1. The third-order valence-electron chi connectivity index (χ3n) is 4.32. The van der Waals surface area contributed by atoms with Gasteiger partial charge in [0.15, 0.2) is 5.13 Å². The first-order valence-electron chi connectivity index (χ1n) is 7.25. The summed E-state index contributed by atoms with van der Waals surface area (Å²) in [5, 5.41) is 1.16. The fourth-order valence-electron chi connectivity index (χ4n) is 3.24. The van der Waals surface area contributed by atoms with Gasteiger partial charge >= 0.3 is 0 Å². The number of piperazine rings is 1. The molecule has 1 aromatic heterocycles. The van der Waals surface area contributed by atoms with Crippen LogP contribution in [0.2, 0.25) is 0 Å². The standard InChI is InChI=1S/C15H19N3OS/c1-11-9-19-10-12-8-17(6-7-18(11)12)15-16-13-4-2-3-5-14(13)20-15/h2-5,11-12H,6-10H2,1H3/t11-,12+/m0/s1. The molecule has 5 heteroatoms. The van der Waals surface area contributed by atoms with Gasteiger partial charge in [0.05, 0.1) is 29.5 Å². The van der Waals surface area contributed by atoms with E-state index in [1.807, 2.05) is 0 Å². The minimum Gasteiger partial charge on any atom is -0.378 e. The molecule has 0 radical (unpaired) electrons. The van der Waals surface area contributed by atoms with Crippen LogP contribution < -0.4 is 4.90 Å². The smallest absolute Gasteiger partial charge is 0.186 e. The van der Waals surface area contributed by atoms with Crippen LogP contribution >= 0.6 is 11.3 Å². The number of anilines is 1. The van der Waals surface area contributed by atoms with Gasteiger partial charge < -0.3 is 9.64 Å². The summed E-state index contributed by atoms with van der Waals surface area (Å²) in [5.41, 5.74) is 1.11. The number of morpholine rings is 1. The number of ether oxygens (including phenoxy) is 1. The summed E-state index contributed by atoms with van der Waals surface area (Å²) in [6.07, 6.45) is 0. The molecule has 0 bridgehead atoms. The Labute approximate surface area is 123 Å². The summed E-state index contributed by atoms with van der Waals surface area (Å²) in [7, 11) is 0. The van der Waals surface area contributed by atoms with Crippen molar-refractivity contribution in [1.82, 2.24) is 9.88 Å². The van der Waals surface area contributed by atoms with Crippen LogP contribution in [0.3, 0.4) is 0 Å². The summed E-state index contributed by atoms with van der Waals surface area (Å²) in [4.78, 5) is 9.79. The number of nitrogens with zero attached hydrogens (tertiary/aromatic N) is 3. The van der Waals surface area contributed by atoms with Gasteiger partial charge in [0.1, 0.15) is 0 Å². The molecule has 0 unspecified atom stereocenters. The van der Waals surface area contributed by atoms with Gasteiger partial charge in [0, 0.05) is 25.7 Å². The van der Waals surface area contributed by atoms with Crippen molar-refractivity contribution in [3.8, 4) is 0 Å². The van der Waals surface area contributed by atoms with Gasteiger partial charge in [-0.05, 0) is 19.1 Å². The van der Waals surface area contributed by atoms with Crippen molar-refractivity contribution >= 4 is 26.7 Å². The molecule has 0 spiro atoms. The fraction of sp³-hybridized carbons (Fsp3) is 0.533. The molecule has 20 heavy (non-hydrogen) atoms. The Hall–Kier alpha value is -1.17. The first-order valence-corrected chi connectivity index (χ1v) is 8.07. The second-order valence-electron chi connectivity index (χ2n) is 5.69. The molecule has 0 saturated carbocycles. The molecule has 2 fully saturated rings. The van der Waals surface area contributed by atoms with Crippen molar-refractivity contribution in [3.05, 3.63) is 24.3 Å². The Balaban J connectivity index is 1.57. The lowest BCUT2D eigenvalue weighted by Crippen LogP contribution is -2.61. The Bertz CT molecular complexity index is 581. The van der Waals surface area contributed by atoms with Crippen LogP contribution in [0.15, 0.2) is 24.3 Å². The van der Waals surface area contributed by atoms with Crippen molar-refractivity contribution in [1.29, 1.82) is 0 Å². The number of para-hydroxylation sites is 1. The summed E-state index contributed by atoms with van der Waals surface area (Å²) in [5.74, 6) is 0. The molecule has 106 valence electrons. The lowest BCUT2D eigenvalue weighted by Gasteiger charge is -2.46. The van der Waals surface area contributed by atoms with Crippen LogP contribution in [0.4, 0.5) is 5.13 Å². The number of rotatable bonds is 1. The van der Waals surface area contributed by atoms with Crippen molar-refractivity contribution in [3.63, 3.8) is 0 Å². The van der Waals surface area contributed by atoms with E-state index in [1.165, 1.54) is 4.70 Å². The largest absolute Gasteiger partial charge is 0.378 e. The van der Waals surface area contributed by atoms with E-state index in [-0.39, 0.29) is 0 Å². The molecule has 0 aliphatic carbocycles. The highest BCUT2D eigenvalue weighted by Gasteiger charge is 2.34. The SMILES string of the molecule is C[C@H]1COC[C@H]2CN(c3nc4ccccc4s3)CCN21. The second kappa shape index (κ2) is 4.98. The van der Waals surface area contributed by atoms with Crippen LogP contribution in [-0.4, -0.2) is 54.8 Å². The van der Waals surface area contributed by atoms with Crippen LogP contribution in [0, 0.1) is 0 Å². The topological polar surface area (TPSA) is 28.6 Å². The molecule has 3 heterocycles. The first-order chi connectivity index (χ1) is 9.81. The predicted octanol–water partition coefficient (Wildman–Crippen LogP) is 2.21. The Morgan fingerprint density at radius 2 is 2.15 bits per heavy atom. The zero-order chi connectivity index (χ0) is 13.5. The molecule has 2 saturated heterocycles. The normalized spacial score (nSPS) is 27.8. The van der Waals surface area contributed by atoms with E-state index in [4.69, 9.17) is 9.72 Å². The molecule has 2 aliphatic rings. The minimum atomic E-state index is 0.513. The molecule has 1 aromatic carbocycles. The van der Waals surface area contributed by atoms with Gasteiger partial charge in [-0.1, -0.05) is 23.5 Å². The molecule has 2 aliphatic heterocycles. The average Bonchev–Trinajstić information content (AvgIpc) is 2.91. The Kier molecular flexibility index (Phi) is 3.13. The Morgan fingerprint density at radius 1 is 1.25 bits per heavy atom. The van der Waals surface area contributed by atoms with Gasteiger partial charge in [0.25, 0.3) is 0 Å². The van der Waals surface area contributed by atoms with Crippen LogP contribution in [0.5, 0.6) is 0 Å². The summed E-state index contributed by atoms with van der Waals surface area (Å²) >= 11 is 1.80. The van der Waals surface area contributed by atoms with Crippen LogP contribution in [-0.2, 0) is 4.74 Å². The van der Waals surface area contributed by atoms with E-state index < -0.39 is 0 Å². The van der Waals surface area contributed by atoms with E-state index in [9.17, 15) is 0 Å². The Morgan fingerprint density at radius 3 is 3.05 bits per heavy atom. The molecule has 0 N–H and O–H groups in total. The molecular formula is C15H19N3OS. The van der Waals surface area contributed by atoms with Crippen LogP contribution in [0.25, 0.3) is 10.2 Å².